The monoisotopic (exact) mass is 1050 g/mol. The van der Waals surface area contributed by atoms with Crippen molar-refractivity contribution in [3.8, 4) is 22.3 Å². The zero-order valence-corrected chi connectivity index (χ0v) is 44.8. The van der Waals surface area contributed by atoms with E-state index < -0.39 is 0 Å². The molecule has 0 saturated heterocycles. The molecule has 0 atom stereocenters. The van der Waals surface area contributed by atoms with Crippen LogP contribution in [0, 0.1) is 13.8 Å². The largest absolute Gasteiger partial charge is 0.456 e. The first-order chi connectivity index (χ1) is 40.5. The minimum atomic E-state index is 0.824. The van der Waals surface area contributed by atoms with Crippen molar-refractivity contribution < 1.29 is 17.7 Å². The van der Waals surface area contributed by atoms with E-state index in [1.807, 2.05) is 12.1 Å². The predicted molar refractivity (Wildman–Crippen MR) is 340 cm³/mol. The fraction of sp³-hybridized carbons (Fsp3) is 0.0263. The summed E-state index contributed by atoms with van der Waals surface area (Å²) in [7, 11) is 0. The van der Waals surface area contributed by atoms with Crippen LogP contribution in [0.3, 0.4) is 0 Å². The molecule has 386 valence electrons. The van der Waals surface area contributed by atoms with Crippen molar-refractivity contribution in [1.29, 1.82) is 0 Å². The van der Waals surface area contributed by atoms with Crippen LogP contribution in [0.1, 0.15) is 11.1 Å². The van der Waals surface area contributed by atoms with Crippen molar-refractivity contribution in [2.24, 2.45) is 0 Å². The molecule has 6 heteroatoms. The number of para-hydroxylation sites is 6. The quantitative estimate of drug-likeness (QED) is 0.151. The maximum absolute atomic E-state index is 7.02. The van der Waals surface area contributed by atoms with Crippen LogP contribution < -0.4 is 9.80 Å². The molecule has 0 fully saturated rings. The third-order valence-electron chi connectivity index (χ3n) is 17.0. The summed E-state index contributed by atoms with van der Waals surface area (Å²) in [6.07, 6.45) is 0. The lowest BCUT2D eigenvalue weighted by atomic mass is 9.96. The van der Waals surface area contributed by atoms with Gasteiger partial charge in [0.05, 0.1) is 11.4 Å². The lowest BCUT2D eigenvalue weighted by Gasteiger charge is -2.25. The van der Waals surface area contributed by atoms with E-state index in [4.69, 9.17) is 17.7 Å². The number of furan rings is 4. The van der Waals surface area contributed by atoms with Crippen molar-refractivity contribution in [3.63, 3.8) is 0 Å². The van der Waals surface area contributed by atoms with E-state index in [0.29, 0.717) is 0 Å². The number of anilines is 6. The molecule has 17 aromatic rings. The molecule has 0 aliphatic carbocycles. The smallest absolute Gasteiger partial charge is 0.159 e. The maximum atomic E-state index is 7.02. The SMILES string of the molecule is Cc1c(C)c2oc3cc4cc(N(c5ccccc5)c5cccc6c5oc5c(-c7ccccc7)cccc56)ccc4cc3c2c2c1oc1cc3cc(N(c4ccccc4)c4cccc5c4oc4c(-c6ccccc6)cccc45)ccc3cc12. The Hall–Kier alpha value is -10.8. The van der Waals surface area contributed by atoms with E-state index in [1.54, 1.807) is 0 Å². The van der Waals surface area contributed by atoms with Gasteiger partial charge in [0, 0.05) is 77.0 Å². The van der Waals surface area contributed by atoms with Crippen LogP contribution in [0.2, 0.25) is 0 Å². The van der Waals surface area contributed by atoms with Gasteiger partial charge in [-0.2, -0.15) is 0 Å². The van der Waals surface area contributed by atoms with Gasteiger partial charge in [-0.15, -0.1) is 0 Å². The Kier molecular flexibility index (Phi) is 10.0. The molecule has 0 radical (unpaired) electrons. The molecule has 13 aromatic carbocycles. The van der Waals surface area contributed by atoms with Crippen molar-refractivity contribution in [2.45, 2.75) is 13.8 Å². The van der Waals surface area contributed by atoms with Crippen LogP contribution in [0.25, 0.3) is 132 Å². The summed E-state index contributed by atoms with van der Waals surface area (Å²) in [5.41, 5.74) is 19.3. The van der Waals surface area contributed by atoms with Crippen molar-refractivity contribution in [1.82, 2.24) is 0 Å². The Morgan fingerprint density at radius 3 is 1.05 bits per heavy atom. The summed E-state index contributed by atoms with van der Waals surface area (Å²) in [6, 6.07) is 90.2. The van der Waals surface area contributed by atoms with Crippen LogP contribution in [0.15, 0.2) is 272 Å². The van der Waals surface area contributed by atoms with Crippen LogP contribution in [0.5, 0.6) is 0 Å². The summed E-state index contributed by atoms with van der Waals surface area (Å²) < 4.78 is 28.0. The Bertz CT molecular complexity index is 5080. The van der Waals surface area contributed by atoms with E-state index in [0.717, 1.165) is 177 Å². The molecule has 4 heterocycles. The van der Waals surface area contributed by atoms with Gasteiger partial charge in [-0.1, -0.05) is 170 Å². The number of nitrogens with zero attached hydrogens (tertiary/aromatic N) is 2. The summed E-state index contributed by atoms with van der Waals surface area (Å²) in [6.45, 7) is 4.30. The number of aryl methyl sites for hydroxylation is 2. The molecule has 0 amide bonds. The maximum Gasteiger partial charge on any atom is 0.159 e. The molecular weight excluding hydrogens is 1000 g/mol. The predicted octanol–water partition coefficient (Wildman–Crippen LogP) is 22.5. The fourth-order valence-corrected chi connectivity index (χ4v) is 13.0. The van der Waals surface area contributed by atoms with Gasteiger partial charge in [0.2, 0.25) is 0 Å². The van der Waals surface area contributed by atoms with Crippen LogP contribution >= 0.6 is 0 Å². The number of benzene rings is 13. The van der Waals surface area contributed by atoms with E-state index >= 15 is 0 Å². The highest BCUT2D eigenvalue weighted by Crippen LogP contribution is 2.50. The normalized spacial score (nSPS) is 12.0. The zero-order valence-electron chi connectivity index (χ0n) is 44.8. The minimum absolute atomic E-state index is 0.824. The highest BCUT2D eigenvalue weighted by Gasteiger charge is 2.26. The van der Waals surface area contributed by atoms with Gasteiger partial charge >= 0.3 is 0 Å². The summed E-state index contributed by atoms with van der Waals surface area (Å²) >= 11 is 0. The number of hydrogen-bond acceptors (Lipinski definition) is 6. The van der Waals surface area contributed by atoms with E-state index in [9.17, 15) is 0 Å². The third-order valence-corrected chi connectivity index (χ3v) is 17.0. The molecule has 0 unspecified atom stereocenters. The molecule has 17 rings (SSSR count). The molecular formula is C76H48N2O4. The van der Waals surface area contributed by atoms with E-state index in [1.165, 1.54) is 0 Å². The fourth-order valence-electron chi connectivity index (χ4n) is 13.0. The number of fused-ring (bicyclic) bond motifs is 15. The lowest BCUT2D eigenvalue weighted by molar-refractivity contribution is 0.657. The van der Waals surface area contributed by atoms with Gasteiger partial charge in [-0.3, -0.25) is 0 Å². The van der Waals surface area contributed by atoms with Crippen molar-refractivity contribution >= 4 is 143 Å². The Morgan fingerprint density at radius 2 is 0.634 bits per heavy atom. The van der Waals surface area contributed by atoms with Gasteiger partial charge in [0.25, 0.3) is 0 Å². The third kappa shape index (κ3) is 6.95. The zero-order chi connectivity index (χ0) is 54.2. The molecule has 0 N–H and O–H groups in total. The van der Waals surface area contributed by atoms with Gasteiger partial charge in [-0.05, 0) is 143 Å². The molecule has 0 bridgehead atoms. The van der Waals surface area contributed by atoms with Gasteiger partial charge < -0.3 is 27.5 Å². The van der Waals surface area contributed by atoms with E-state index in [-0.39, 0.29) is 0 Å². The van der Waals surface area contributed by atoms with E-state index in [2.05, 4.69) is 266 Å². The van der Waals surface area contributed by atoms with Crippen molar-refractivity contribution in [2.75, 3.05) is 9.80 Å². The lowest BCUT2D eigenvalue weighted by Crippen LogP contribution is -2.10. The van der Waals surface area contributed by atoms with Crippen LogP contribution in [-0.4, -0.2) is 0 Å². The van der Waals surface area contributed by atoms with Gasteiger partial charge in [0.1, 0.15) is 33.5 Å². The molecule has 0 saturated carbocycles. The van der Waals surface area contributed by atoms with Gasteiger partial charge in [-0.25, -0.2) is 0 Å². The summed E-state index contributed by atoms with van der Waals surface area (Å²) in [5.74, 6) is 0. The highest BCUT2D eigenvalue weighted by atomic mass is 16.3. The minimum Gasteiger partial charge on any atom is -0.456 e. The van der Waals surface area contributed by atoms with Gasteiger partial charge in [0.15, 0.2) is 11.2 Å². The molecule has 82 heavy (non-hydrogen) atoms. The molecule has 4 aromatic heterocycles. The molecule has 0 aliphatic rings. The highest BCUT2D eigenvalue weighted by molar-refractivity contribution is 6.29. The first-order valence-electron chi connectivity index (χ1n) is 27.9. The topological polar surface area (TPSA) is 59.0 Å². The second-order valence-corrected chi connectivity index (χ2v) is 21.6. The molecule has 0 spiro atoms. The summed E-state index contributed by atoms with van der Waals surface area (Å²) in [4.78, 5) is 4.61. The second kappa shape index (κ2) is 17.8. The van der Waals surface area contributed by atoms with Crippen LogP contribution in [-0.2, 0) is 0 Å². The Balaban J connectivity index is 0.800. The molecule has 6 nitrogen and oxygen atoms in total. The average molecular weight is 1050 g/mol. The number of hydrogen-bond donors (Lipinski definition) is 0. The first kappa shape index (κ1) is 46.1. The number of rotatable bonds is 8. The second-order valence-electron chi connectivity index (χ2n) is 21.6. The van der Waals surface area contributed by atoms with Crippen molar-refractivity contribution in [3.05, 3.63) is 266 Å². The Labute approximate surface area is 470 Å². The molecule has 0 aliphatic heterocycles. The Morgan fingerprint density at radius 1 is 0.256 bits per heavy atom. The van der Waals surface area contributed by atoms with Crippen LogP contribution in [0.4, 0.5) is 34.1 Å². The first-order valence-corrected chi connectivity index (χ1v) is 27.9. The standard InChI is InChI=1S/C76H48N2O4/c1-45-46(2)72-70(64-42-50-36-38-56(40-52(50)44-68(64)80-72)78(54-25-13-6-14-26-54)66-34-18-32-62-60-30-16-28-58(74(60)82-76(62)66)48-21-9-4-10-22-48)69-63-41-49-35-37-55(39-51(49)43-67(63)79-71(45)69)77(53-23-11-5-12-24-53)65-33-17-31-61-59-29-15-27-57(73(59)81-75(61)65)47-19-7-3-8-20-47/h3-44H,1-2H3. The average Bonchev–Trinajstić information content (AvgIpc) is 4.41. The summed E-state index contributed by atoms with van der Waals surface area (Å²) in [5, 5.41) is 12.9.